The molecule has 1 atom stereocenters. The minimum Gasteiger partial charge on any atom is -0.369 e. The van der Waals surface area contributed by atoms with E-state index in [0.29, 0.717) is 6.54 Å². The van der Waals surface area contributed by atoms with Gasteiger partial charge in [-0.15, -0.1) is 0 Å². The Morgan fingerprint density at radius 2 is 2.37 bits per heavy atom. The van der Waals surface area contributed by atoms with Crippen LogP contribution in [0.5, 0.6) is 0 Å². The Balaban J connectivity index is 1.97. The molecule has 2 aromatic heterocycles. The molecule has 1 aliphatic heterocycles. The van der Waals surface area contributed by atoms with Gasteiger partial charge < -0.3 is 10.6 Å². The number of aryl methyl sites for hydroxylation is 1. The summed E-state index contributed by atoms with van der Waals surface area (Å²) in [5, 5.41) is 4.38. The third-order valence-corrected chi connectivity index (χ3v) is 3.61. The highest BCUT2D eigenvalue weighted by Crippen LogP contribution is 2.25. The smallest absolute Gasteiger partial charge is 0.222 e. The lowest BCUT2D eigenvalue weighted by Gasteiger charge is -2.32. The summed E-state index contributed by atoms with van der Waals surface area (Å²) in [4.78, 5) is 17.9. The average molecular weight is 259 g/mol. The van der Waals surface area contributed by atoms with Gasteiger partial charge in [0, 0.05) is 25.5 Å². The molecule has 1 saturated heterocycles. The number of hydrogen-bond donors (Lipinski definition) is 1. The van der Waals surface area contributed by atoms with Crippen LogP contribution in [0.15, 0.2) is 18.5 Å². The van der Waals surface area contributed by atoms with E-state index in [2.05, 4.69) is 15.0 Å². The number of primary amides is 1. The second-order valence-corrected chi connectivity index (χ2v) is 5.05. The summed E-state index contributed by atoms with van der Waals surface area (Å²) in [5.74, 6) is 0.579. The maximum absolute atomic E-state index is 11.4. The van der Waals surface area contributed by atoms with Gasteiger partial charge in [-0.2, -0.15) is 5.10 Å². The minimum absolute atomic E-state index is 0.0835. The van der Waals surface area contributed by atoms with Gasteiger partial charge in [0.2, 0.25) is 5.91 Å². The van der Waals surface area contributed by atoms with Crippen molar-refractivity contribution in [3.05, 3.63) is 24.2 Å². The van der Waals surface area contributed by atoms with Crippen LogP contribution in [-0.4, -0.2) is 33.6 Å². The average Bonchev–Trinajstić information content (AvgIpc) is 2.78. The number of anilines is 1. The van der Waals surface area contributed by atoms with E-state index in [1.54, 1.807) is 6.20 Å². The van der Waals surface area contributed by atoms with Crippen molar-refractivity contribution in [3.63, 3.8) is 0 Å². The van der Waals surface area contributed by atoms with Crippen molar-refractivity contribution >= 4 is 17.2 Å². The molecule has 0 aromatic carbocycles. The quantitative estimate of drug-likeness (QED) is 0.863. The second kappa shape index (κ2) is 4.53. The Labute approximate surface area is 111 Å². The van der Waals surface area contributed by atoms with Gasteiger partial charge in [0.25, 0.3) is 0 Å². The highest BCUT2D eigenvalue weighted by molar-refractivity contribution is 5.78. The lowest BCUT2D eigenvalue weighted by atomic mass is 9.97. The van der Waals surface area contributed by atoms with Gasteiger partial charge in [0.05, 0.1) is 11.6 Å². The first-order chi connectivity index (χ1) is 9.15. The fourth-order valence-corrected chi connectivity index (χ4v) is 2.68. The van der Waals surface area contributed by atoms with Gasteiger partial charge in [0.1, 0.15) is 5.52 Å². The summed E-state index contributed by atoms with van der Waals surface area (Å²) >= 11 is 0. The predicted octanol–water partition coefficient (Wildman–Crippen LogP) is 0.739. The summed E-state index contributed by atoms with van der Waals surface area (Å²) in [6, 6.07) is 2.01. The molecule has 6 nitrogen and oxygen atoms in total. The van der Waals surface area contributed by atoms with E-state index >= 15 is 0 Å². The van der Waals surface area contributed by atoms with Gasteiger partial charge in [-0.25, -0.2) is 9.50 Å². The van der Waals surface area contributed by atoms with Crippen molar-refractivity contribution < 1.29 is 4.79 Å². The highest BCUT2D eigenvalue weighted by atomic mass is 16.1. The Morgan fingerprint density at radius 1 is 1.53 bits per heavy atom. The summed E-state index contributed by atoms with van der Waals surface area (Å²) < 4.78 is 1.82. The van der Waals surface area contributed by atoms with Crippen LogP contribution in [0.25, 0.3) is 5.52 Å². The van der Waals surface area contributed by atoms with Crippen LogP contribution in [0, 0.1) is 12.8 Å². The van der Waals surface area contributed by atoms with Crippen molar-refractivity contribution in [1.29, 1.82) is 0 Å². The highest BCUT2D eigenvalue weighted by Gasteiger charge is 2.26. The van der Waals surface area contributed by atoms with Gasteiger partial charge in [0.15, 0.2) is 5.82 Å². The fraction of sp³-hybridized carbons (Fsp3) is 0.462. The Morgan fingerprint density at radius 3 is 3.16 bits per heavy atom. The summed E-state index contributed by atoms with van der Waals surface area (Å²) in [5.41, 5.74) is 7.35. The zero-order chi connectivity index (χ0) is 13.4. The van der Waals surface area contributed by atoms with E-state index in [1.165, 1.54) is 0 Å². The number of amides is 1. The number of fused-ring (bicyclic) bond motifs is 1. The first kappa shape index (κ1) is 12.0. The molecular formula is C13H17N5O. The SMILES string of the molecule is Cc1cc2c(N3CCCC(C(N)=O)C3)nccn2n1. The molecule has 0 spiro atoms. The zero-order valence-electron chi connectivity index (χ0n) is 10.9. The molecule has 1 aliphatic rings. The number of carbonyl (C=O) groups is 1. The van der Waals surface area contributed by atoms with E-state index in [4.69, 9.17) is 5.73 Å². The molecule has 0 bridgehead atoms. The van der Waals surface area contributed by atoms with Crippen LogP contribution < -0.4 is 10.6 Å². The lowest BCUT2D eigenvalue weighted by Crippen LogP contribution is -2.41. The summed E-state index contributed by atoms with van der Waals surface area (Å²) in [6.45, 7) is 3.51. The second-order valence-electron chi connectivity index (χ2n) is 5.05. The number of hydrogen-bond acceptors (Lipinski definition) is 4. The fourth-order valence-electron chi connectivity index (χ4n) is 2.68. The molecule has 1 unspecified atom stereocenters. The lowest BCUT2D eigenvalue weighted by molar-refractivity contribution is -0.122. The Kier molecular flexibility index (Phi) is 2.85. The molecule has 0 aliphatic carbocycles. The standard InChI is InChI=1S/C13H17N5O/c1-9-7-11-13(15-4-6-18(11)16-9)17-5-2-3-10(8-17)12(14)19/h4,6-7,10H,2-3,5,8H2,1H3,(H2,14,19). The van der Waals surface area contributed by atoms with E-state index in [9.17, 15) is 4.79 Å². The number of carbonyl (C=O) groups excluding carboxylic acids is 1. The minimum atomic E-state index is -0.221. The van der Waals surface area contributed by atoms with Crippen LogP contribution in [0.2, 0.25) is 0 Å². The first-order valence-electron chi connectivity index (χ1n) is 6.50. The van der Waals surface area contributed by atoms with Crippen LogP contribution >= 0.6 is 0 Å². The number of aromatic nitrogens is 3. The van der Waals surface area contributed by atoms with Crippen LogP contribution in [0.4, 0.5) is 5.82 Å². The number of piperidine rings is 1. The van der Waals surface area contributed by atoms with Crippen molar-refractivity contribution in [2.45, 2.75) is 19.8 Å². The van der Waals surface area contributed by atoms with Gasteiger partial charge in [-0.1, -0.05) is 0 Å². The van der Waals surface area contributed by atoms with Crippen LogP contribution in [0.3, 0.4) is 0 Å². The molecule has 1 amide bonds. The van der Waals surface area contributed by atoms with Crippen LogP contribution in [0.1, 0.15) is 18.5 Å². The summed E-state index contributed by atoms with van der Waals surface area (Å²) in [6.07, 6.45) is 5.40. The van der Waals surface area contributed by atoms with Gasteiger partial charge >= 0.3 is 0 Å². The molecule has 100 valence electrons. The van der Waals surface area contributed by atoms with Crippen molar-refractivity contribution in [1.82, 2.24) is 14.6 Å². The molecule has 3 heterocycles. The number of nitrogens with two attached hydrogens (primary N) is 1. The van der Waals surface area contributed by atoms with Gasteiger partial charge in [-0.3, -0.25) is 4.79 Å². The normalized spacial score (nSPS) is 19.8. The molecule has 0 saturated carbocycles. The third-order valence-electron chi connectivity index (χ3n) is 3.61. The van der Waals surface area contributed by atoms with Crippen LogP contribution in [-0.2, 0) is 4.79 Å². The largest absolute Gasteiger partial charge is 0.369 e. The van der Waals surface area contributed by atoms with E-state index < -0.39 is 0 Å². The topological polar surface area (TPSA) is 76.5 Å². The Bertz CT molecular complexity index is 621. The van der Waals surface area contributed by atoms with E-state index in [1.807, 2.05) is 23.7 Å². The third kappa shape index (κ3) is 2.14. The molecule has 1 fully saturated rings. The molecule has 3 rings (SSSR count). The van der Waals surface area contributed by atoms with E-state index in [-0.39, 0.29) is 11.8 Å². The van der Waals surface area contributed by atoms with E-state index in [0.717, 1.165) is 36.4 Å². The Hall–Kier alpha value is -2.11. The monoisotopic (exact) mass is 259 g/mol. The van der Waals surface area contributed by atoms with Crippen molar-refractivity contribution in [2.75, 3.05) is 18.0 Å². The molecule has 6 heteroatoms. The van der Waals surface area contributed by atoms with Crippen molar-refractivity contribution in [2.24, 2.45) is 11.7 Å². The molecule has 0 radical (unpaired) electrons. The number of rotatable bonds is 2. The van der Waals surface area contributed by atoms with Gasteiger partial charge in [-0.05, 0) is 25.8 Å². The molecule has 2 aromatic rings. The summed E-state index contributed by atoms with van der Waals surface area (Å²) in [7, 11) is 0. The first-order valence-corrected chi connectivity index (χ1v) is 6.50. The molecule has 19 heavy (non-hydrogen) atoms. The molecular weight excluding hydrogens is 242 g/mol. The van der Waals surface area contributed by atoms with Crippen molar-refractivity contribution in [3.8, 4) is 0 Å². The maximum atomic E-state index is 11.4. The maximum Gasteiger partial charge on any atom is 0.222 e. The number of nitrogens with zero attached hydrogens (tertiary/aromatic N) is 4. The predicted molar refractivity (Wildman–Crippen MR) is 71.9 cm³/mol. The molecule has 2 N–H and O–H groups in total. The zero-order valence-corrected chi connectivity index (χ0v) is 10.9.